The predicted octanol–water partition coefficient (Wildman–Crippen LogP) is 3.48. The molecule has 130 valence electrons. The summed E-state index contributed by atoms with van der Waals surface area (Å²) in [5.74, 6) is -0.0200. The summed E-state index contributed by atoms with van der Waals surface area (Å²) in [7, 11) is 0. The Labute approximate surface area is 148 Å². The van der Waals surface area contributed by atoms with Crippen molar-refractivity contribution in [2.75, 3.05) is 13.1 Å². The summed E-state index contributed by atoms with van der Waals surface area (Å²) in [5, 5.41) is 2.85. The maximum Gasteiger partial charge on any atom is 0.251 e. The van der Waals surface area contributed by atoms with Crippen molar-refractivity contribution in [2.24, 2.45) is 0 Å². The largest absolute Gasteiger partial charge is 0.352 e. The molecule has 1 atom stereocenters. The molecule has 3 rings (SSSR count). The van der Waals surface area contributed by atoms with E-state index in [2.05, 4.69) is 17.4 Å². The highest BCUT2D eigenvalue weighted by Crippen LogP contribution is 2.32. The van der Waals surface area contributed by atoms with Gasteiger partial charge < -0.3 is 10.2 Å². The van der Waals surface area contributed by atoms with Gasteiger partial charge in [-0.15, -0.1) is 0 Å². The van der Waals surface area contributed by atoms with Crippen LogP contribution in [-0.2, 0) is 4.79 Å². The third kappa shape index (κ3) is 4.27. The van der Waals surface area contributed by atoms with Crippen LogP contribution in [0.3, 0.4) is 0 Å². The molecule has 1 aliphatic rings. The molecule has 0 bridgehead atoms. The van der Waals surface area contributed by atoms with E-state index in [4.69, 9.17) is 0 Å². The van der Waals surface area contributed by atoms with Crippen LogP contribution in [0.25, 0.3) is 0 Å². The molecule has 25 heavy (non-hydrogen) atoms. The summed E-state index contributed by atoms with van der Waals surface area (Å²) >= 11 is 0. The van der Waals surface area contributed by atoms with E-state index in [1.165, 1.54) is 5.56 Å². The summed E-state index contributed by atoms with van der Waals surface area (Å²) in [6.45, 7) is 3.12. The second-order valence-electron chi connectivity index (χ2n) is 6.53. The average molecular weight is 336 g/mol. The lowest BCUT2D eigenvalue weighted by molar-refractivity contribution is -0.132. The predicted molar refractivity (Wildman–Crippen MR) is 98.3 cm³/mol. The Morgan fingerprint density at radius 3 is 2.68 bits per heavy atom. The van der Waals surface area contributed by atoms with Gasteiger partial charge in [0.2, 0.25) is 5.91 Å². The fraction of sp³-hybridized carbons (Fsp3) is 0.333. The third-order valence-electron chi connectivity index (χ3n) is 4.66. The molecule has 4 heteroatoms. The molecule has 1 fully saturated rings. The lowest BCUT2D eigenvalue weighted by Crippen LogP contribution is -2.34. The van der Waals surface area contributed by atoms with Gasteiger partial charge in [-0.3, -0.25) is 9.59 Å². The van der Waals surface area contributed by atoms with Crippen LogP contribution in [0.5, 0.6) is 0 Å². The highest BCUT2D eigenvalue weighted by atomic mass is 16.2. The molecule has 2 aromatic carbocycles. The van der Waals surface area contributed by atoms with E-state index in [0.29, 0.717) is 18.5 Å². The first-order valence-corrected chi connectivity index (χ1v) is 8.84. The zero-order valence-corrected chi connectivity index (χ0v) is 14.6. The van der Waals surface area contributed by atoms with Crippen LogP contribution in [-0.4, -0.2) is 29.8 Å². The maximum absolute atomic E-state index is 12.6. The molecular weight excluding hydrogens is 312 g/mol. The van der Waals surface area contributed by atoms with E-state index >= 15 is 0 Å². The number of likely N-dealkylation sites (tertiary alicyclic amines) is 1. The summed E-state index contributed by atoms with van der Waals surface area (Å²) in [4.78, 5) is 26.7. The van der Waals surface area contributed by atoms with Crippen molar-refractivity contribution in [1.82, 2.24) is 10.2 Å². The number of nitrogens with zero attached hydrogens (tertiary/aromatic N) is 1. The van der Waals surface area contributed by atoms with Crippen LogP contribution in [0, 0.1) is 6.92 Å². The zero-order valence-electron chi connectivity index (χ0n) is 14.6. The molecule has 1 saturated heterocycles. The van der Waals surface area contributed by atoms with E-state index in [-0.39, 0.29) is 17.9 Å². The summed E-state index contributed by atoms with van der Waals surface area (Å²) < 4.78 is 0. The smallest absolute Gasteiger partial charge is 0.251 e. The van der Waals surface area contributed by atoms with Gasteiger partial charge in [0.05, 0.1) is 6.04 Å². The van der Waals surface area contributed by atoms with Crippen molar-refractivity contribution >= 4 is 11.8 Å². The molecule has 0 saturated carbocycles. The van der Waals surface area contributed by atoms with Gasteiger partial charge in [0.1, 0.15) is 0 Å². The Bertz CT molecular complexity index is 743. The molecule has 0 aromatic heterocycles. The Kier molecular flexibility index (Phi) is 5.49. The van der Waals surface area contributed by atoms with Gasteiger partial charge in [-0.2, -0.15) is 0 Å². The normalized spacial score (nSPS) is 16.7. The van der Waals surface area contributed by atoms with Crippen LogP contribution in [0.2, 0.25) is 0 Å². The van der Waals surface area contributed by atoms with Crippen LogP contribution < -0.4 is 5.32 Å². The van der Waals surface area contributed by atoms with Crippen LogP contribution in [0.1, 0.15) is 46.8 Å². The van der Waals surface area contributed by atoms with Crippen molar-refractivity contribution in [3.8, 4) is 0 Å². The van der Waals surface area contributed by atoms with Crippen molar-refractivity contribution in [1.29, 1.82) is 0 Å². The van der Waals surface area contributed by atoms with E-state index < -0.39 is 0 Å². The molecule has 0 aliphatic carbocycles. The van der Waals surface area contributed by atoms with Gasteiger partial charge in [0.25, 0.3) is 5.91 Å². The number of benzene rings is 2. The first kappa shape index (κ1) is 17.2. The Morgan fingerprint density at radius 2 is 1.92 bits per heavy atom. The van der Waals surface area contributed by atoms with Gasteiger partial charge >= 0.3 is 0 Å². The number of carbonyl (C=O) groups is 2. The van der Waals surface area contributed by atoms with Crippen LogP contribution >= 0.6 is 0 Å². The molecule has 4 nitrogen and oxygen atoms in total. The van der Waals surface area contributed by atoms with Crippen LogP contribution in [0.4, 0.5) is 0 Å². The topological polar surface area (TPSA) is 49.4 Å². The van der Waals surface area contributed by atoms with Crippen LogP contribution in [0.15, 0.2) is 54.6 Å². The third-order valence-corrected chi connectivity index (χ3v) is 4.66. The molecule has 1 aliphatic heterocycles. The Morgan fingerprint density at radius 1 is 1.12 bits per heavy atom. The van der Waals surface area contributed by atoms with Crippen molar-refractivity contribution < 1.29 is 9.59 Å². The van der Waals surface area contributed by atoms with E-state index in [0.717, 1.165) is 24.9 Å². The number of amides is 2. The second kappa shape index (κ2) is 7.97. The summed E-state index contributed by atoms with van der Waals surface area (Å²) in [6, 6.07) is 17.8. The second-order valence-corrected chi connectivity index (χ2v) is 6.53. The minimum Gasteiger partial charge on any atom is -0.352 e. The van der Waals surface area contributed by atoms with Crippen molar-refractivity contribution in [3.05, 3.63) is 71.3 Å². The minimum absolute atomic E-state index is 0.107. The maximum atomic E-state index is 12.6. The highest BCUT2D eigenvalue weighted by molar-refractivity contribution is 5.94. The van der Waals surface area contributed by atoms with Crippen molar-refractivity contribution in [3.63, 3.8) is 0 Å². The molecule has 0 spiro atoms. The number of hydrogen-bond acceptors (Lipinski definition) is 2. The number of aryl methyl sites for hydroxylation is 1. The molecule has 2 amide bonds. The number of rotatable bonds is 5. The fourth-order valence-electron chi connectivity index (χ4n) is 3.40. The SMILES string of the molecule is Cc1cccc(C(=O)NCCC(=O)N2CCC[C@@H]2c2ccccc2)c1. The molecule has 0 unspecified atom stereocenters. The first-order valence-electron chi connectivity index (χ1n) is 8.84. The molecule has 1 heterocycles. The fourth-order valence-corrected chi connectivity index (χ4v) is 3.40. The zero-order chi connectivity index (χ0) is 17.6. The lowest BCUT2D eigenvalue weighted by atomic mass is 10.0. The van der Waals surface area contributed by atoms with E-state index in [9.17, 15) is 9.59 Å². The van der Waals surface area contributed by atoms with E-state index in [1.54, 1.807) is 6.07 Å². The number of hydrogen-bond donors (Lipinski definition) is 1. The van der Waals surface area contributed by atoms with Gasteiger partial charge in [-0.1, -0.05) is 48.0 Å². The van der Waals surface area contributed by atoms with Crippen molar-refractivity contribution in [2.45, 2.75) is 32.2 Å². The number of nitrogens with one attached hydrogen (secondary N) is 1. The molecular formula is C21H24N2O2. The summed E-state index contributed by atoms with van der Waals surface area (Å²) in [5.41, 5.74) is 2.87. The van der Waals surface area contributed by atoms with Gasteiger partial charge in [-0.25, -0.2) is 0 Å². The highest BCUT2D eigenvalue weighted by Gasteiger charge is 2.29. The quantitative estimate of drug-likeness (QED) is 0.909. The minimum atomic E-state index is -0.127. The van der Waals surface area contributed by atoms with Gasteiger partial charge in [0, 0.05) is 25.1 Å². The summed E-state index contributed by atoms with van der Waals surface area (Å²) in [6.07, 6.45) is 2.37. The van der Waals surface area contributed by atoms with Gasteiger partial charge in [0.15, 0.2) is 0 Å². The molecule has 0 radical (unpaired) electrons. The first-order chi connectivity index (χ1) is 12.1. The standard InChI is InChI=1S/C21H24N2O2/c1-16-7-5-10-18(15-16)21(25)22-13-12-20(24)23-14-6-11-19(23)17-8-3-2-4-9-17/h2-5,7-10,15,19H,6,11-14H2,1H3,(H,22,25)/t19-/m1/s1. The molecule has 2 aromatic rings. The monoisotopic (exact) mass is 336 g/mol. The lowest BCUT2D eigenvalue weighted by Gasteiger charge is -2.25. The average Bonchev–Trinajstić information content (AvgIpc) is 3.12. The van der Waals surface area contributed by atoms with E-state index in [1.807, 2.05) is 48.2 Å². The molecule has 1 N–H and O–H groups in total. The number of carbonyl (C=O) groups excluding carboxylic acids is 2. The van der Waals surface area contributed by atoms with Gasteiger partial charge in [-0.05, 0) is 37.5 Å². The Hall–Kier alpha value is -2.62. The Balaban J connectivity index is 1.53.